The first-order valence-electron chi connectivity index (χ1n) is 13.3. The minimum absolute atomic E-state index is 0.268. The van der Waals surface area contributed by atoms with Gasteiger partial charge in [0.2, 0.25) is 11.8 Å². The summed E-state index contributed by atoms with van der Waals surface area (Å²) < 4.78 is 22.7. The lowest BCUT2D eigenvalue weighted by atomic mass is 10.0. The van der Waals surface area contributed by atoms with Crippen LogP contribution in [0.4, 0.5) is 11.6 Å². The largest absolute Gasteiger partial charge is 0.436 e. The van der Waals surface area contributed by atoms with E-state index in [-0.39, 0.29) is 6.04 Å². The summed E-state index contributed by atoms with van der Waals surface area (Å²) in [5.74, 6) is 1.48. The lowest BCUT2D eigenvalue weighted by Crippen LogP contribution is -2.38. The second kappa shape index (κ2) is 12.2. The molecule has 3 N–H and O–H groups in total. The number of rotatable bonds is 8. The van der Waals surface area contributed by atoms with Crippen molar-refractivity contribution in [3.63, 3.8) is 0 Å². The molecular formula is C30H28ClN7O2S. The number of hydrogen-bond acceptors (Lipinski definition) is 8. The van der Waals surface area contributed by atoms with Crippen LogP contribution in [0.25, 0.3) is 22.2 Å². The Hall–Kier alpha value is -4.12. The Morgan fingerprint density at radius 2 is 1.85 bits per heavy atom. The van der Waals surface area contributed by atoms with Crippen LogP contribution < -0.4 is 20.1 Å². The molecule has 0 bridgehead atoms. The molecule has 1 aliphatic rings. The molecule has 0 saturated carbocycles. The van der Waals surface area contributed by atoms with Crippen molar-refractivity contribution in [1.82, 2.24) is 25.3 Å². The van der Waals surface area contributed by atoms with E-state index in [2.05, 4.69) is 30.3 Å². The fourth-order valence-corrected chi connectivity index (χ4v) is 6.08. The van der Waals surface area contributed by atoms with Crippen LogP contribution in [0.3, 0.4) is 0 Å². The van der Waals surface area contributed by atoms with Crippen molar-refractivity contribution < 1.29 is 8.95 Å². The zero-order valence-electron chi connectivity index (χ0n) is 22.3. The number of ether oxygens (including phenoxy) is 1. The van der Waals surface area contributed by atoms with Gasteiger partial charge in [0.25, 0.3) is 0 Å². The SMILES string of the molecule is Cc1ccc2c(NS(=O)c3ccccc3Cl)cccc2c1Oc1nccnc1-c1ccnc(NC2CCCNC2)n1. The van der Waals surface area contributed by atoms with Crippen LogP contribution in [-0.4, -0.2) is 43.3 Å². The summed E-state index contributed by atoms with van der Waals surface area (Å²) in [6.45, 7) is 3.87. The van der Waals surface area contributed by atoms with Gasteiger partial charge in [-0.25, -0.2) is 24.1 Å². The summed E-state index contributed by atoms with van der Waals surface area (Å²) in [5, 5.41) is 8.92. The maximum atomic E-state index is 13.1. The molecule has 1 aliphatic heterocycles. The molecule has 1 saturated heterocycles. The second-order valence-electron chi connectivity index (χ2n) is 9.68. The van der Waals surface area contributed by atoms with Crippen LogP contribution in [0, 0.1) is 6.92 Å². The number of benzene rings is 3. The zero-order valence-corrected chi connectivity index (χ0v) is 23.9. The third kappa shape index (κ3) is 6.00. The van der Waals surface area contributed by atoms with Gasteiger partial charge in [-0.15, -0.1) is 0 Å². The van der Waals surface area contributed by atoms with Crippen molar-refractivity contribution in [2.75, 3.05) is 23.1 Å². The molecule has 2 aromatic heterocycles. The van der Waals surface area contributed by atoms with Crippen molar-refractivity contribution in [2.45, 2.75) is 30.7 Å². The van der Waals surface area contributed by atoms with Crippen molar-refractivity contribution in [1.29, 1.82) is 0 Å². The predicted molar refractivity (Wildman–Crippen MR) is 163 cm³/mol. The van der Waals surface area contributed by atoms with E-state index in [0.717, 1.165) is 42.3 Å². The molecule has 5 aromatic rings. The van der Waals surface area contributed by atoms with E-state index in [9.17, 15) is 4.21 Å². The summed E-state index contributed by atoms with van der Waals surface area (Å²) in [6.07, 6.45) is 7.08. The van der Waals surface area contributed by atoms with Crippen molar-refractivity contribution in [2.24, 2.45) is 0 Å². The molecule has 0 spiro atoms. The molecule has 2 atom stereocenters. The number of aromatic nitrogens is 4. The minimum atomic E-state index is -1.56. The average Bonchev–Trinajstić information content (AvgIpc) is 3.00. The van der Waals surface area contributed by atoms with E-state index >= 15 is 0 Å². The number of nitrogens with zero attached hydrogens (tertiary/aromatic N) is 4. The molecule has 11 heteroatoms. The van der Waals surface area contributed by atoms with Gasteiger partial charge in [0.1, 0.15) is 5.75 Å². The highest BCUT2D eigenvalue weighted by atomic mass is 35.5. The average molecular weight is 586 g/mol. The van der Waals surface area contributed by atoms with Crippen molar-refractivity contribution in [3.8, 4) is 23.0 Å². The van der Waals surface area contributed by atoms with Gasteiger partial charge < -0.3 is 20.1 Å². The maximum Gasteiger partial charge on any atom is 0.247 e. The Morgan fingerprint density at radius 3 is 2.71 bits per heavy atom. The fraction of sp³-hybridized carbons (Fsp3) is 0.200. The Morgan fingerprint density at radius 1 is 0.976 bits per heavy atom. The van der Waals surface area contributed by atoms with Crippen LogP contribution in [0.1, 0.15) is 18.4 Å². The predicted octanol–water partition coefficient (Wildman–Crippen LogP) is 6.14. The van der Waals surface area contributed by atoms with Crippen molar-refractivity contribution >= 4 is 45.0 Å². The minimum Gasteiger partial charge on any atom is -0.436 e. The van der Waals surface area contributed by atoms with Gasteiger partial charge in [-0.05, 0) is 56.1 Å². The van der Waals surface area contributed by atoms with Gasteiger partial charge in [0, 0.05) is 41.9 Å². The maximum absolute atomic E-state index is 13.1. The Balaban J connectivity index is 1.32. The molecule has 41 heavy (non-hydrogen) atoms. The first-order chi connectivity index (χ1) is 20.1. The van der Waals surface area contributed by atoms with Gasteiger partial charge in [0.15, 0.2) is 16.7 Å². The van der Waals surface area contributed by atoms with Crippen molar-refractivity contribution in [3.05, 3.63) is 89.8 Å². The number of anilines is 2. The molecule has 9 nitrogen and oxygen atoms in total. The number of halogens is 1. The topological polar surface area (TPSA) is 114 Å². The summed E-state index contributed by atoms with van der Waals surface area (Å²) in [4.78, 5) is 18.7. The van der Waals surface area contributed by atoms with Crippen LogP contribution in [0.15, 0.2) is 84.1 Å². The van der Waals surface area contributed by atoms with E-state index in [4.69, 9.17) is 21.3 Å². The Kier molecular flexibility index (Phi) is 8.04. The van der Waals surface area contributed by atoms with Crippen LogP contribution in [0.5, 0.6) is 11.6 Å². The van der Waals surface area contributed by atoms with E-state index < -0.39 is 11.0 Å². The molecule has 0 radical (unpaired) electrons. The zero-order chi connectivity index (χ0) is 28.2. The number of fused-ring (bicyclic) bond motifs is 1. The standard InChI is InChI=1S/C30H28ClN7O2S/c1-19-11-12-21-22(7-4-9-24(21)38-41(39)26-10-3-2-8-23(26)31)28(19)40-29-27(33-16-17-34-29)25-13-15-35-30(37-25)36-20-6-5-14-32-18-20/h2-4,7-13,15-17,20,32,38H,5-6,14,18H2,1H3,(H,35,36,37). The van der Waals surface area contributed by atoms with Gasteiger partial charge in [-0.1, -0.05) is 48.0 Å². The molecule has 3 aromatic carbocycles. The fourth-order valence-electron chi connectivity index (χ4n) is 4.80. The van der Waals surface area contributed by atoms with E-state index in [1.807, 2.05) is 43.3 Å². The highest BCUT2D eigenvalue weighted by Crippen LogP contribution is 2.38. The lowest BCUT2D eigenvalue weighted by molar-refractivity contribution is 0.464. The summed E-state index contributed by atoms with van der Waals surface area (Å²) in [5.41, 5.74) is 2.71. The van der Waals surface area contributed by atoms with Gasteiger partial charge in [-0.2, -0.15) is 0 Å². The van der Waals surface area contributed by atoms with Gasteiger partial charge >= 0.3 is 0 Å². The van der Waals surface area contributed by atoms with Gasteiger partial charge in [-0.3, -0.25) is 0 Å². The number of piperidine rings is 1. The summed E-state index contributed by atoms with van der Waals surface area (Å²) >= 11 is 6.28. The first-order valence-corrected chi connectivity index (χ1v) is 14.8. The molecule has 0 amide bonds. The molecule has 1 fully saturated rings. The molecule has 3 heterocycles. The third-order valence-corrected chi connectivity index (χ3v) is 8.44. The molecule has 2 unspecified atom stereocenters. The highest BCUT2D eigenvalue weighted by molar-refractivity contribution is 7.86. The smallest absolute Gasteiger partial charge is 0.247 e. The Labute approximate surface area is 245 Å². The molecular weight excluding hydrogens is 558 g/mol. The molecule has 208 valence electrons. The van der Waals surface area contributed by atoms with E-state index in [1.165, 1.54) is 0 Å². The second-order valence-corrected chi connectivity index (χ2v) is 11.3. The van der Waals surface area contributed by atoms with Crippen LogP contribution in [-0.2, 0) is 11.0 Å². The van der Waals surface area contributed by atoms with Crippen LogP contribution >= 0.6 is 11.6 Å². The lowest BCUT2D eigenvalue weighted by Gasteiger charge is -2.23. The van der Waals surface area contributed by atoms with E-state index in [1.54, 1.807) is 42.9 Å². The summed E-state index contributed by atoms with van der Waals surface area (Å²) in [7, 11) is -1.56. The Bertz CT molecular complexity index is 1730. The number of nitrogens with one attached hydrogen (secondary N) is 3. The van der Waals surface area contributed by atoms with Crippen LogP contribution in [0.2, 0.25) is 5.02 Å². The van der Waals surface area contributed by atoms with Gasteiger partial charge in [0.05, 0.1) is 21.3 Å². The normalized spacial score (nSPS) is 15.8. The molecule has 0 aliphatic carbocycles. The summed E-state index contributed by atoms with van der Waals surface area (Å²) in [6, 6.07) is 18.8. The number of aryl methyl sites for hydroxylation is 1. The quantitative estimate of drug-likeness (QED) is 0.199. The first kappa shape index (κ1) is 27.1. The monoisotopic (exact) mass is 585 g/mol. The third-order valence-electron chi connectivity index (χ3n) is 6.84. The van der Waals surface area contributed by atoms with E-state index in [0.29, 0.717) is 44.6 Å². The molecule has 6 rings (SSSR count). The highest BCUT2D eigenvalue weighted by Gasteiger charge is 2.19. The number of hydrogen-bond donors (Lipinski definition) is 3.